The van der Waals surface area contributed by atoms with Gasteiger partial charge in [-0.2, -0.15) is 11.8 Å². The molecule has 1 heterocycles. The Kier molecular flexibility index (Phi) is 7.56. The average Bonchev–Trinajstić information content (AvgIpc) is 2.35. The first-order valence-corrected chi connectivity index (χ1v) is 8.54. The molecule has 102 valence electrons. The minimum Gasteiger partial charge on any atom is -0.311 e. The first-order valence-electron chi connectivity index (χ1n) is 7.15. The van der Waals surface area contributed by atoms with Crippen LogP contribution in [-0.4, -0.2) is 48.6 Å². The van der Waals surface area contributed by atoms with E-state index in [1.165, 1.54) is 38.1 Å². The SMILES string of the molecule is CCC(C)C1CN(CCCCSC)C(C)CN1. The second-order valence-corrected chi connectivity index (χ2v) is 6.43. The van der Waals surface area contributed by atoms with E-state index in [0.29, 0.717) is 12.1 Å². The van der Waals surface area contributed by atoms with Gasteiger partial charge in [0.15, 0.2) is 0 Å². The van der Waals surface area contributed by atoms with Gasteiger partial charge in [-0.3, -0.25) is 4.90 Å². The lowest BCUT2D eigenvalue weighted by molar-refractivity contribution is 0.117. The van der Waals surface area contributed by atoms with E-state index in [9.17, 15) is 0 Å². The van der Waals surface area contributed by atoms with Gasteiger partial charge in [-0.1, -0.05) is 20.3 Å². The number of thioether (sulfide) groups is 1. The number of hydrogen-bond acceptors (Lipinski definition) is 3. The van der Waals surface area contributed by atoms with Crippen molar-refractivity contribution in [2.75, 3.05) is 31.6 Å². The zero-order valence-corrected chi connectivity index (χ0v) is 12.9. The summed E-state index contributed by atoms with van der Waals surface area (Å²) in [5.74, 6) is 2.12. The molecule has 0 aromatic carbocycles. The molecule has 1 N–H and O–H groups in total. The van der Waals surface area contributed by atoms with E-state index in [-0.39, 0.29) is 0 Å². The lowest BCUT2D eigenvalue weighted by Crippen LogP contribution is -2.57. The topological polar surface area (TPSA) is 15.3 Å². The highest BCUT2D eigenvalue weighted by Crippen LogP contribution is 2.16. The summed E-state index contributed by atoms with van der Waals surface area (Å²) in [6, 6.07) is 1.42. The second-order valence-electron chi connectivity index (χ2n) is 5.44. The monoisotopic (exact) mass is 258 g/mol. The van der Waals surface area contributed by atoms with E-state index in [2.05, 4.69) is 37.2 Å². The Bertz CT molecular complexity index is 199. The molecule has 1 rings (SSSR count). The molecular weight excluding hydrogens is 228 g/mol. The molecule has 3 unspecified atom stereocenters. The van der Waals surface area contributed by atoms with Crippen LogP contribution < -0.4 is 5.32 Å². The maximum absolute atomic E-state index is 3.71. The molecule has 0 saturated carbocycles. The zero-order valence-electron chi connectivity index (χ0n) is 12.0. The molecule has 2 nitrogen and oxygen atoms in total. The van der Waals surface area contributed by atoms with E-state index in [4.69, 9.17) is 0 Å². The fourth-order valence-electron chi connectivity index (χ4n) is 2.49. The minimum absolute atomic E-state index is 0.705. The van der Waals surface area contributed by atoms with Crippen LogP contribution in [0, 0.1) is 5.92 Å². The van der Waals surface area contributed by atoms with Crippen molar-refractivity contribution in [1.82, 2.24) is 10.2 Å². The van der Waals surface area contributed by atoms with E-state index >= 15 is 0 Å². The molecule has 0 aliphatic carbocycles. The first kappa shape index (κ1) is 15.3. The molecule has 17 heavy (non-hydrogen) atoms. The summed E-state index contributed by atoms with van der Waals surface area (Å²) >= 11 is 1.97. The summed E-state index contributed by atoms with van der Waals surface area (Å²) in [7, 11) is 0. The second kappa shape index (κ2) is 8.39. The highest BCUT2D eigenvalue weighted by Gasteiger charge is 2.26. The number of hydrogen-bond donors (Lipinski definition) is 1. The van der Waals surface area contributed by atoms with E-state index < -0.39 is 0 Å². The Balaban J connectivity index is 2.30. The van der Waals surface area contributed by atoms with Crippen LogP contribution in [0.5, 0.6) is 0 Å². The lowest BCUT2D eigenvalue weighted by Gasteiger charge is -2.41. The fourth-order valence-corrected chi connectivity index (χ4v) is 2.98. The molecular formula is C14H30N2S. The summed E-state index contributed by atoms with van der Waals surface area (Å²) in [5, 5.41) is 3.71. The number of piperazine rings is 1. The van der Waals surface area contributed by atoms with E-state index in [0.717, 1.165) is 12.5 Å². The van der Waals surface area contributed by atoms with Crippen molar-refractivity contribution in [3.8, 4) is 0 Å². The van der Waals surface area contributed by atoms with Crippen molar-refractivity contribution in [3.05, 3.63) is 0 Å². The molecule has 0 aromatic heterocycles. The van der Waals surface area contributed by atoms with Gasteiger partial charge in [0.2, 0.25) is 0 Å². The predicted octanol–water partition coefficient (Wildman–Crippen LogP) is 2.84. The van der Waals surface area contributed by atoms with Crippen LogP contribution in [0.1, 0.15) is 40.0 Å². The van der Waals surface area contributed by atoms with Gasteiger partial charge in [0, 0.05) is 25.2 Å². The van der Waals surface area contributed by atoms with E-state index in [1.54, 1.807) is 0 Å². The van der Waals surface area contributed by atoms with Crippen LogP contribution in [-0.2, 0) is 0 Å². The number of nitrogens with zero attached hydrogens (tertiary/aromatic N) is 1. The van der Waals surface area contributed by atoms with Gasteiger partial charge in [0.1, 0.15) is 0 Å². The molecule has 0 bridgehead atoms. The summed E-state index contributed by atoms with van der Waals surface area (Å²) in [4.78, 5) is 2.69. The van der Waals surface area contributed by atoms with Crippen LogP contribution in [0.15, 0.2) is 0 Å². The van der Waals surface area contributed by atoms with Gasteiger partial charge in [0.05, 0.1) is 0 Å². The van der Waals surface area contributed by atoms with Crippen molar-refractivity contribution in [2.24, 2.45) is 5.92 Å². The Morgan fingerprint density at radius 2 is 2.18 bits per heavy atom. The van der Waals surface area contributed by atoms with Crippen LogP contribution in [0.25, 0.3) is 0 Å². The molecule has 0 spiro atoms. The highest BCUT2D eigenvalue weighted by molar-refractivity contribution is 7.98. The maximum Gasteiger partial charge on any atom is 0.0221 e. The Labute approximate surface area is 112 Å². The highest BCUT2D eigenvalue weighted by atomic mass is 32.2. The van der Waals surface area contributed by atoms with Crippen LogP contribution in [0.3, 0.4) is 0 Å². The van der Waals surface area contributed by atoms with Gasteiger partial charge in [-0.05, 0) is 44.2 Å². The van der Waals surface area contributed by atoms with Gasteiger partial charge in [0.25, 0.3) is 0 Å². The predicted molar refractivity (Wildman–Crippen MR) is 79.9 cm³/mol. The van der Waals surface area contributed by atoms with E-state index in [1.807, 2.05) is 11.8 Å². The number of nitrogens with one attached hydrogen (secondary N) is 1. The van der Waals surface area contributed by atoms with Crippen molar-refractivity contribution in [2.45, 2.75) is 52.1 Å². The van der Waals surface area contributed by atoms with Crippen molar-refractivity contribution < 1.29 is 0 Å². The Morgan fingerprint density at radius 3 is 2.82 bits per heavy atom. The first-order chi connectivity index (χ1) is 8.19. The fraction of sp³-hybridized carbons (Fsp3) is 1.00. The van der Waals surface area contributed by atoms with Gasteiger partial charge in [-0.25, -0.2) is 0 Å². The molecule has 0 aromatic rings. The quantitative estimate of drug-likeness (QED) is 0.707. The van der Waals surface area contributed by atoms with Gasteiger partial charge >= 0.3 is 0 Å². The third-order valence-corrected chi connectivity index (χ3v) is 4.80. The molecule has 1 aliphatic heterocycles. The van der Waals surface area contributed by atoms with Gasteiger partial charge < -0.3 is 5.32 Å². The molecule has 1 fully saturated rings. The largest absolute Gasteiger partial charge is 0.311 e. The minimum atomic E-state index is 0.705. The molecule has 1 saturated heterocycles. The summed E-state index contributed by atoms with van der Waals surface area (Å²) in [6.07, 6.45) is 6.21. The zero-order chi connectivity index (χ0) is 12.7. The smallest absolute Gasteiger partial charge is 0.0221 e. The van der Waals surface area contributed by atoms with Crippen molar-refractivity contribution in [1.29, 1.82) is 0 Å². The molecule has 1 aliphatic rings. The Morgan fingerprint density at radius 1 is 1.41 bits per heavy atom. The average molecular weight is 258 g/mol. The van der Waals surface area contributed by atoms with Crippen molar-refractivity contribution >= 4 is 11.8 Å². The van der Waals surface area contributed by atoms with Crippen molar-refractivity contribution in [3.63, 3.8) is 0 Å². The lowest BCUT2D eigenvalue weighted by atomic mass is 9.95. The van der Waals surface area contributed by atoms with Crippen LogP contribution >= 0.6 is 11.8 Å². The molecule has 0 amide bonds. The summed E-state index contributed by atoms with van der Waals surface area (Å²) in [6.45, 7) is 10.7. The van der Waals surface area contributed by atoms with Gasteiger partial charge in [-0.15, -0.1) is 0 Å². The van der Waals surface area contributed by atoms with Crippen LogP contribution in [0.2, 0.25) is 0 Å². The third-order valence-electron chi connectivity index (χ3n) is 4.10. The summed E-state index contributed by atoms with van der Waals surface area (Å²) < 4.78 is 0. The maximum atomic E-state index is 3.71. The molecule has 0 radical (unpaired) electrons. The summed E-state index contributed by atoms with van der Waals surface area (Å²) in [5.41, 5.74) is 0. The normalized spacial score (nSPS) is 28.2. The Hall–Kier alpha value is 0.270. The van der Waals surface area contributed by atoms with Crippen LogP contribution in [0.4, 0.5) is 0 Å². The molecule has 3 atom stereocenters. The third kappa shape index (κ3) is 5.19. The number of rotatable bonds is 7. The molecule has 3 heteroatoms. The standard InChI is InChI=1S/C14H30N2S/c1-5-12(2)14-11-16(13(3)10-15-14)8-6-7-9-17-4/h12-15H,5-11H2,1-4H3. The number of unbranched alkanes of at least 4 members (excludes halogenated alkanes) is 1.